The zero-order chi connectivity index (χ0) is 11.3. The molecule has 0 radical (unpaired) electrons. The summed E-state index contributed by atoms with van der Waals surface area (Å²) in [5.74, 6) is 0. The summed E-state index contributed by atoms with van der Waals surface area (Å²) in [4.78, 5) is 1.28. The molecule has 86 valence electrons. The largest absolute Gasteiger partial charge is 0.330 e. The molecule has 0 amide bonds. The van der Waals surface area contributed by atoms with E-state index in [4.69, 9.17) is 17.3 Å². The number of nitrogens with two attached hydrogens (primary N) is 1. The van der Waals surface area contributed by atoms with E-state index in [2.05, 4.69) is 25.2 Å². The maximum absolute atomic E-state index is 5.84. The Morgan fingerprint density at radius 3 is 2.73 bits per heavy atom. The van der Waals surface area contributed by atoms with Gasteiger partial charge in [-0.3, -0.25) is 0 Å². The van der Waals surface area contributed by atoms with Crippen molar-refractivity contribution < 1.29 is 0 Å². The molecule has 3 N–H and O–H groups in total. The molecule has 0 saturated heterocycles. The Hall–Kier alpha value is -0.0900. The summed E-state index contributed by atoms with van der Waals surface area (Å²) in [6.07, 6.45) is 1.10. The smallest absolute Gasteiger partial charge is 0.0931 e. The number of hydrogen-bond acceptors (Lipinski definition) is 3. The van der Waals surface area contributed by atoms with Crippen molar-refractivity contribution in [3.8, 4) is 0 Å². The number of halogens is 1. The molecule has 0 unspecified atom stereocenters. The number of thiophene rings is 1. The van der Waals surface area contributed by atoms with E-state index in [-0.39, 0.29) is 5.41 Å². The van der Waals surface area contributed by atoms with Gasteiger partial charge in [0.15, 0.2) is 0 Å². The summed E-state index contributed by atoms with van der Waals surface area (Å²) in [5, 5.41) is 3.40. The van der Waals surface area contributed by atoms with Crippen LogP contribution in [-0.4, -0.2) is 13.1 Å². The Balaban J connectivity index is 2.17. The van der Waals surface area contributed by atoms with Crippen LogP contribution >= 0.6 is 22.9 Å². The minimum absolute atomic E-state index is 0.236. The highest BCUT2D eigenvalue weighted by molar-refractivity contribution is 7.16. The van der Waals surface area contributed by atoms with Gasteiger partial charge in [0.2, 0.25) is 0 Å². The summed E-state index contributed by atoms with van der Waals surface area (Å²) >= 11 is 7.47. The van der Waals surface area contributed by atoms with Gasteiger partial charge in [-0.2, -0.15) is 0 Å². The predicted octanol–water partition coefficient (Wildman–Crippen LogP) is 2.87. The molecule has 0 aromatic carbocycles. The molecule has 0 aliphatic rings. The van der Waals surface area contributed by atoms with E-state index in [1.165, 1.54) is 4.88 Å². The Morgan fingerprint density at radius 1 is 1.47 bits per heavy atom. The molecule has 0 aliphatic carbocycles. The first-order valence-corrected chi connectivity index (χ1v) is 6.38. The molecule has 1 rings (SSSR count). The summed E-state index contributed by atoms with van der Waals surface area (Å²) in [6.45, 7) is 7.02. The fourth-order valence-electron chi connectivity index (χ4n) is 1.19. The fraction of sp³-hybridized carbons (Fsp3) is 0.636. The van der Waals surface area contributed by atoms with Crippen molar-refractivity contribution in [2.24, 2.45) is 11.1 Å². The van der Waals surface area contributed by atoms with Gasteiger partial charge in [-0.25, -0.2) is 0 Å². The third-order valence-corrected chi connectivity index (χ3v) is 3.69. The lowest BCUT2D eigenvalue weighted by Gasteiger charge is -2.22. The van der Waals surface area contributed by atoms with E-state index in [1.54, 1.807) is 11.3 Å². The summed E-state index contributed by atoms with van der Waals surface area (Å²) in [6, 6.07) is 4.00. The Bertz CT molecular complexity index is 297. The molecule has 0 bridgehead atoms. The predicted molar refractivity (Wildman–Crippen MR) is 68.5 cm³/mol. The first-order valence-electron chi connectivity index (χ1n) is 5.18. The van der Waals surface area contributed by atoms with Crippen molar-refractivity contribution >= 4 is 22.9 Å². The number of hydrogen-bond donors (Lipinski definition) is 2. The molecule has 15 heavy (non-hydrogen) atoms. The second-order valence-electron chi connectivity index (χ2n) is 4.50. The lowest BCUT2D eigenvalue weighted by atomic mass is 9.90. The van der Waals surface area contributed by atoms with Crippen LogP contribution in [0, 0.1) is 5.41 Å². The van der Waals surface area contributed by atoms with E-state index < -0.39 is 0 Å². The Kier molecular flexibility index (Phi) is 5.06. The van der Waals surface area contributed by atoms with Crippen LogP contribution in [0.3, 0.4) is 0 Å². The molecule has 2 nitrogen and oxygen atoms in total. The third kappa shape index (κ3) is 4.98. The van der Waals surface area contributed by atoms with Crippen LogP contribution in [0.25, 0.3) is 0 Å². The monoisotopic (exact) mass is 246 g/mol. The van der Waals surface area contributed by atoms with E-state index in [1.807, 2.05) is 6.07 Å². The topological polar surface area (TPSA) is 38.0 Å². The van der Waals surface area contributed by atoms with Crippen LogP contribution in [0.1, 0.15) is 25.1 Å². The molecule has 0 atom stereocenters. The van der Waals surface area contributed by atoms with Crippen molar-refractivity contribution in [3.05, 3.63) is 21.3 Å². The van der Waals surface area contributed by atoms with Crippen molar-refractivity contribution in [2.45, 2.75) is 26.8 Å². The molecular formula is C11H19ClN2S. The lowest BCUT2D eigenvalue weighted by Crippen LogP contribution is -2.28. The van der Waals surface area contributed by atoms with Crippen LogP contribution < -0.4 is 11.1 Å². The zero-order valence-electron chi connectivity index (χ0n) is 9.35. The summed E-state index contributed by atoms with van der Waals surface area (Å²) in [7, 11) is 0. The van der Waals surface area contributed by atoms with Gasteiger partial charge in [0.1, 0.15) is 0 Å². The molecule has 1 aromatic rings. The zero-order valence-corrected chi connectivity index (χ0v) is 10.9. The summed E-state index contributed by atoms with van der Waals surface area (Å²) in [5.41, 5.74) is 5.90. The van der Waals surface area contributed by atoms with Gasteiger partial charge in [-0.15, -0.1) is 11.3 Å². The number of nitrogens with one attached hydrogen (secondary N) is 1. The molecule has 0 saturated carbocycles. The van der Waals surface area contributed by atoms with E-state index in [9.17, 15) is 0 Å². The van der Waals surface area contributed by atoms with Crippen molar-refractivity contribution in [2.75, 3.05) is 13.1 Å². The van der Waals surface area contributed by atoms with E-state index in [0.29, 0.717) is 0 Å². The van der Waals surface area contributed by atoms with E-state index in [0.717, 1.165) is 30.4 Å². The normalized spacial score (nSPS) is 12.0. The second-order valence-corrected chi connectivity index (χ2v) is 6.30. The Morgan fingerprint density at radius 2 is 2.20 bits per heavy atom. The van der Waals surface area contributed by atoms with Crippen LogP contribution in [0.15, 0.2) is 12.1 Å². The SMILES string of the molecule is CC(C)(CN)CCNCc1ccc(Cl)s1. The highest BCUT2D eigenvalue weighted by Crippen LogP contribution is 2.21. The van der Waals surface area contributed by atoms with Crippen molar-refractivity contribution in [1.29, 1.82) is 0 Å². The summed E-state index contributed by atoms with van der Waals surface area (Å²) < 4.78 is 0.856. The average molecular weight is 247 g/mol. The van der Waals surface area contributed by atoms with Crippen molar-refractivity contribution in [1.82, 2.24) is 5.32 Å². The van der Waals surface area contributed by atoms with Crippen LogP contribution in [0.5, 0.6) is 0 Å². The van der Waals surface area contributed by atoms with Crippen molar-refractivity contribution in [3.63, 3.8) is 0 Å². The average Bonchev–Trinajstić information content (AvgIpc) is 2.59. The van der Waals surface area contributed by atoms with Gasteiger partial charge in [0, 0.05) is 11.4 Å². The highest BCUT2D eigenvalue weighted by Gasteiger charge is 2.14. The molecule has 4 heteroatoms. The quantitative estimate of drug-likeness (QED) is 0.758. The van der Waals surface area contributed by atoms with Gasteiger partial charge in [0.25, 0.3) is 0 Å². The van der Waals surface area contributed by atoms with Gasteiger partial charge in [-0.1, -0.05) is 25.4 Å². The third-order valence-electron chi connectivity index (χ3n) is 2.46. The second kappa shape index (κ2) is 5.85. The maximum Gasteiger partial charge on any atom is 0.0931 e. The minimum Gasteiger partial charge on any atom is -0.330 e. The van der Waals surface area contributed by atoms with Gasteiger partial charge >= 0.3 is 0 Å². The minimum atomic E-state index is 0.236. The standard InChI is InChI=1S/C11H19ClN2S/c1-11(2,8-13)5-6-14-7-9-3-4-10(12)15-9/h3-4,14H,5-8,13H2,1-2H3. The lowest BCUT2D eigenvalue weighted by molar-refractivity contribution is 0.339. The fourth-order valence-corrected chi connectivity index (χ4v) is 2.24. The molecule has 1 aromatic heterocycles. The molecule has 0 spiro atoms. The van der Waals surface area contributed by atoms with Gasteiger partial charge in [0.05, 0.1) is 4.34 Å². The molecule has 0 aliphatic heterocycles. The van der Waals surface area contributed by atoms with Gasteiger partial charge in [-0.05, 0) is 37.1 Å². The van der Waals surface area contributed by atoms with Crippen LogP contribution in [0.4, 0.5) is 0 Å². The van der Waals surface area contributed by atoms with Crippen LogP contribution in [0.2, 0.25) is 4.34 Å². The van der Waals surface area contributed by atoms with Gasteiger partial charge < -0.3 is 11.1 Å². The highest BCUT2D eigenvalue weighted by atomic mass is 35.5. The van der Waals surface area contributed by atoms with E-state index >= 15 is 0 Å². The molecule has 1 heterocycles. The molecular weight excluding hydrogens is 228 g/mol. The maximum atomic E-state index is 5.84. The first-order chi connectivity index (χ1) is 7.03. The molecule has 0 fully saturated rings. The number of rotatable bonds is 6. The van der Waals surface area contributed by atoms with Crippen LogP contribution in [-0.2, 0) is 6.54 Å². The Labute approximate surface area is 101 Å². The first kappa shape index (κ1) is 13.0.